The van der Waals surface area contributed by atoms with E-state index >= 15 is 0 Å². The number of hydrogen-bond donors (Lipinski definition) is 1. The van der Waals surface area contributed by atoms with Gasteiger partial charge in [-0.05, 0) is 39.5 Å². The van der Waals surface area contributed by atoms with Crippen LogP contribution in [0.25, 0.3) is 10.4 Å². The molecule has 3 heteroatoms. The average Bonchev–Trinajstić information content (AvgIpc) is 2.55. The van der Waals surface area contributed by atoms with Gasteiger partial charge in [0.25, 0.3) is 0 Å². The van der Waals surface area contributed by atoms with E-state index in [1.54, 1.807) is 11.3 Å². The maximum Gasteiger partial charge on any atom is 0.0752 e. The van der Waals surface area contributed by atoms with Crippen molar-refractivity contribution >= 4 is 27.3 Å². The number of thiophene rings is 1. The lowest BCUT2D eigenvalue weighted by molar-refractivity contribution is 1.06. The third kappa shape index (κ3) is 2.00. The van der Waals surface area contributed by atoms with E-state index in [1.165, 1.54) is 21.6 Å². The summed E-state index contributed by atoms with van der Waals surface area (Å²) >= 11 is 5.32. The van der Waals surface area contributed by atoms with Crippen LogP contribution in [0.1, 0.15) is 11.1 Å². The predicted molar refractivity (Wildman–Crippen MR) is 70.1 cm³/mol. The summed E-state index contributed by atoms with van der Waals surface area (Å²) in [5.74, 6) is 0. The molecule has 0 atom stereocenters. The Kier molecular flexibility index (Phi) is 3.24. The maximum atomic E-state index is 5.72. The Morgan fingerprint density at radius 3 is 2.47 bits per heavy atom. The molecule has 2 rings (SSSR count). The summed E-state index contributed by atoms with van der Waals surface area (Å²) in [5, 5.41) is 0. The summed E-state index contributed by atoms with van der Waals surface area (Å²) in [4.78, 5) is 1.31. The lowest BCUT2D eigenvalue weighted by Crippen LogP contribution is -1.96. The first kappa shape index (κ1) is 10.9. The third-order valence-corrected chi connectivity index (χ3v) is 4.60. The molecule has 2 aromatic rings. The fraction of sp³-hybridized carbons (Fsp3) is 0.167. The minimum atomic E-state index is 0.593. The summed E-state index contributed by atoms with van der Waals surface area (Å²) in [6.45, 7) is 2.72. The molecule has 1 aromatic carbocycles. The summed E-state index contributed by atoms with van der Waals surface area (Å²) in [5.41, 5.74) is 9.50. The molecule has 78 valence electrons. The van der Waals surface area contributed by atoms with Crippen molar-refractivity contribution in [1.29, 1.82) is 0 Å². The zero-order valence-electron chi connectivity index (χ0n) is 8.46. The Morgan fingerprint density at radius 2 is 1.93 bits per heavy atom. The number of rotatable bonds is 2. The highest BCUT2D eigenvalue weighted by Crippen LogP contribution is 2.38. The SMILES string of the molecule is Cc1c(-c2ccccc2)sc(Br)c1CN. The summed E-state index contributed by atoms with van der Waals surface area (Å²) in [7, 11) is 0. The predicted octanol–water partition coefficient (Wildman–Crippen LogP) is 3.94. The van der Waals surface area contributed by atoms with Gasteiger partial charge in [0, 0.05) is 11.4 Å². The standard InChI is InChI=1S/C12H12BrNS/c1-8-10(7-14)12(13)15-11(8)9-5-3-2-4-6-9/h2-6H,7,14H2,1H3. The molecule has 0 spiro atoms. The third-order valence-electron chi connectivity index (χ3n) is 2.46. The molecule has 0 fully saturated rings. The molecule has 1 heterocycles. The number of hydrogen-bond acceptors (Lipinski definition) is 2. The van der Waals surface area contributed by atoms with Crippen LogP contribution in [0.5, 0.6) is 0 Å². The molecule has 0 aliphatic carbocycles. The van der Waals surface area contributed by atoms with E-state index in [2.05, 4.69) is 47.1 Å². The monoisotopic (exact) mass is 281 g/mol. The van der Waals surface area contributed by atoms with Crippen LogP contribution in [0.3, 0.4) is 0 Å². The second-order valence-corrected chi connectivity index (χ2v) is 5.72. The number of nitrogens with two attached hydrogens (primary N) is 1. The van der Waals surface area contributed by atoms with Crippen molar-refractivity contribution in [3.8, 4) is 10.4 Å². The van der Waals surface area contributed by atoms with Crippen LogP contribution in [-0.2, 0) is 6.54 Å². The minimum absolute atomic E-state index is 0.593. The molecule has 0 saturated carbocycles. The van der Waals surface area contributed by atoms with E-state index in [1.807, 2.05) is 6.07 Å². The first-order valence-corrected chi connectivity index (χ1v) is 6.38. The molecule has 0 bridgehead atoms. The van der Waals surface area contributed by atoms with Gasteiger partial charge in [0.05, 0.1) is 3.79 Å². The fourth-order valence-electron chi connectivity index (χ4n) is 1.61. The van der Waals surface area contributed by atoms with Gasteiger partial charge in [-0.15, -0.1) is 11.3 Å². The van der Waals surface area contributed by atoms with Crippen molar-refractivity contribution < 1.29 is 0 Å². The van der Waals surface area contributed by atoms with E-state index in [9.17, 15) is 0 Å². The second-order valence-electron chi connectivity index (χ2n) is 3.38. The number of benzene rings is 1. The Balaban J connectivity index is 2.55. The van der Waals surface area contributed by atoms with Crippen LogP contribution in [-0.4, -0.2) is 0 Å². The smallest absolute Gasteiger partial charge is 0.0752 e. The van der Waals surface area contributed by atoms with Gasteiger partial charge in [-0.25, -0.2) is 0 Å². The first-order valence-electron chi connectivity index (χ1n) is 4.77. The molecular weight excluding hydrogens is 270 g/mol. The quantitative estimate of drug-likeness (QED) is 0.887. The molecule has 2 N–H and O–H groups in total. The van der Waals surface area contributed by atoms with Gasteiger partial charge in [-0.3, -0.25) is 0 Å². The van der Waals surface area contributed by atoms with Gasteiger partial charge in [0.2, 0.25) is 0 Å². The van der Waals surface area contributed by atoms with Crippen LogP contribution in [0.15, 0.2) is 34.1 Å². The lowest BCUT2D eigenvalue weighted by atomic mass is 10.1. The normalized spacial score (nSPS) is 10.6. The molecule has 0 amide bonds. The Hall–Kier alpha value is -0.640. The topological polar surface area (TPSA) is 26.0 Å². The molecule has 0 unspecified atom stereocenters. The van der Waals surface area contributed by atoms with Gasteiger partial charge in [-0.1, -0.05) is 30.3 Å². The van der Waals surface area contributed by atoms with Crippen LogP contribution < -0.4 is 5.73 Å². The molecule has 15 heavy (non-hydrogen) atoms. The van der Waals surface area contributed by atoms with E-state index in [0.717, 1.165) is 3.79 Å². The molecule has 0 aliphatic heterocycles. The summed E-state index contributed by atoms with van der Waals surface area (Å²) in [6.07, 6.45) is 0. The Bertz CT molecular complexity index is 462. The van der Waals surface area contributed by atoms with E-state index in [4.69, 9.17) is 5.73 Å². The van der Waals surface area contributed by atoms with E-state index in [0.29, 0.717) is 6.54 Å². The lowest BCUT2D eigenvalue weighted by Gasteiger charge is -2.00. The molecule has 0 radical (unpaired) electrons. The Morgan fingerprint density at radius 1 is 1.27 bits per heavy atom. The van der Waals surface area contributed by atoms with Crippen LogP contribution in [0, 0.1) is 6.92 Å². The zero-order chi connectivity index (χ0) is 10.8. The van der Waals surface area contributed by atoms with Gasteiger partial charge < -0.3 is 5.73 Å². The highest BCUT2D eigenvalue weighted by atomic mass is 79.9. The zero-order valence-corrected chi connectivity index (χ0v) is 10.9. The van der Waals surface area contributed by atoms with Gasteiger partial charge in [0.15, 0.2) is 0 Å². The minimum Gasteiger partial charge on any atom is -0.326 e. The van der Waals surface area contributed by atoms with Crippen molar-refractivity contribution in [3.63, 3.8) is 0 Å². The molecule has 1 aromatic heterocycles. The highest BCUT2D eigenvalue weighted by Gasteiger charge is 2.12. The van der Waals surface area contributed by atoms with Crippen LogP contribution in [0.4, 0.5) is 0 Å². The molecule has 0 saturated heterocycles. The molecular formula is C12H12BrNS. The summed E-state index contributed by atoms with van der Waals surface area (Å²) < 4.78 is 1.15. The van der Waals surface area contributed by atoms with Crippen molar-refractivity contribution in [2.45, 2.75) is 13.5 Å². The van der Waals surface area contributed by atoms with E-state index < -0.39 is 0 Å². The van der Waals surface area contributed by atoms with Crippen molar-refractivity contribution in [3.05, 3.63) is 45.2 Å². The van der Waals surface area contributed by atoms with Gasteiger partial charge in [-0.2, -0.15) is 0 Å². The highest BCUT2D eigenvalue weighted by molar-refractivity contribution is 9.11. The largest absolute Gasteiger partial charge is 0.326 e. The second kappa shape index (κ2) is 4.47. The maximum absolute atomic E-state index is 5.72. The van der Waals surface area contributed by atoms with Crippen LogP contribution in [0.2, 0.25) is 0 Å². The van der Waals surface area contributed by atoms with Crippen molar-refractivity contribution in [2.75, 3.05) is 0 Å². The van der Waals surface area contributed by atoms with E-state index in [-0.39, 0.29) is 0 Å². The number of halogens is 1. The average molecular weight is 282 g/mol. The van der Waals surface area contributed by atoms with Crippen molar-refractivity contribution in [1.82, 2.24) is 0 Å². The Labute approximate surface area is 102 Å². The van der Waals surface area contributed by atoms with Crippen LogP contribution >= 0.6 is 27.3 Å². The van der Waals surface area contributed by atoms with Gasteiger partial charge in [0.1, 0.15) is 0 Å². The molecule has 0 aliphatic rings. The van der Waals surface area contributed by atoms with Gasteiger partial charge >= 0.3 is 0 Å². The fourth-order valence-corrected chi connectivity index (χ4v) is 3.62. The summed E-state index contributed by atoms with van der Waals surface area (Å²) in [6, 6.07) is 10.4. The van der Waals surface area contributed by atoms with Crippen molar-refractivity contribution in [2.24, 2.45) is 5.73 Å². The first-order chi connectivity index (χ1) is 7.24. The molecule has 1 nitrogen and oxygen atoms in total.